The number of nitrogens with zero attached hydrogens (tertiary/aromatic N) is 1. The van der Waals surface area contributed by atoms with E-state index in [4.69, 9.17) is 0 Å². The van der Waals surface area contributed by atoms with Crippen molar-refractivity contribution >= 4 is 11.6 Å². The number of benzene rings is 1. The predicted octanol–water partition coefficient (Wildman–Crippen LogP) is 2.55. The van der Waals surface area contributed by atoms with Crippen LogP contribution in [-0.2, 0) is 4.79 Å². The van der Waals surface area contributed by atoms with Gasteiger partial charge in [-0.15, -0.1) is 0 Å². The fraction of sp³-hybridized carbons (Fsp3) is 0.417. The van der Waals surface area contributed by atoms with Crippen molar-refractivity contribution in [1.29, 1.82) is 0 Å². The first-order valence-electron chi connectivity index (χ1n) is 5.13. The summed E-state index contributed by atoms with van der Waals surface area (Å²) in [6, 6.07) is 8.19. The quantitative estimate of drug-likeness (QED) is 0.664. The van der Waals surface area contributed by atoms with Crippen molar-refractivity contribution in [2.24, 2.45) is 0 Å². The molecule has 1 amide bonds. The highest BCUT2D eigenvalue weighted by molar-refractivity contribution is 5.97. The summed E-state index contributed by atoms with van der Waals surface area (Å²) in [7, 11) is 0. The van der Waals surface area contributed by atoms with Gasteiger partial charge in [0.25, 0.3) is 0 Å². The van der Waals surface area contributed by atoms with Crippen LogP contribution in [0.4, 0.5) is 5.69 Å². The Morgan fingerprint density at radius 3 is 2.86 bits per heavy atom. The topological polar surface area (TPSA) is 20.3 Å². The lowest BCUT2D eigenvalue weighted by molar-refractivity contribution is -0.119. The molecule has 2 rings (SSSR count). The maximum atomic E-state index is 11.7. The van der Waals surface area contributed by atoms with E-state index < -0.39 is 0 Å². The van der Waals surface area contributed by atoms with E-state index in [1.807, 2.05) is 30.0 Å². The Kier molecular flexibility index (Phi) is 2.28. The summed E-state index contributed by atoms with van der Waals surface area (Å²) in [6.45, 7) is 4.90. The van der Waals surface area contributed by atoms with Gasteiger partial charge in [0, 0.05) is 18.7 Å². The first-order chi connectivity index (χ1) is 6.74. The number of carbonyl (C=O) groups is 1. The third kappa shape index (κ3) is 1.31. The van der Waals surface area contributed by atoms with E-state index in [1.54, 1.807) is 0 Å². The number of para-hydroxylation sites is 1. The molecule has 0 N–H and O–H groups in total. The molecule has 1 aromatic carbocycles. The summed E-state index contributed by atoms with van der Waals surface area (Å²) in [5, 5.41) is 0. The largest absolute Gasteiger partial charge is 0.312 e. The zero-order chi connectivity index (χ0) is 10.1. The van der Waals surface area contributed by atoms with Crippen molar-refractivity contribution in [3.8, 4) is 0 Å². The minimum atomic E-state index is 0.249. The summed E-state index contributed by atoms with van der Waals surface area (Å²) in [5.41, 5.74) is 2.40. The summed E-state index contributed by atoms with van der Waals surface area (Å²) >= 11 is 0. The van der Waals surface area contributed by atoms with E-state index in [-0.39, 0.29) is 5.91 Å². The minimum absolute atomic E-state index is 0.249. The molecule has 0 bridgehead atoms. The second-order valence-corrected chi connectivity index (χ2v) is 3.80. The molecular formula is C12H15NO. The van der Waals surface area contributed by atoms with Crippen LogP contribution in [0.5, 0.6) is 0 Å². The summed E-state index contributed by atoms with van der Waals surface area (Å²) in [4.78, 5) is 13.6. The van der Waals surface area contributed by atoms with Gasteiger partial charge in [0.2, 0.25) is 5.91 Å². The zero-order valence-corrected chi connectivity index (χ0v) is 8.66. The zero-order valence-electron chi connectivity index (χ0n) is 8.66. The molecule has 0 saturated carbocycles. The average Bonchev–Trinajstić information content (AvgIpc) is 2.18. The van der Waals surface area contributed by atoms with Gasteiger partial charge in [-0.05, 0) is 24.5 Å². The molecule has 0 fully saturated rings. The van der Waals surface area contributed by atoms with Crippen LogP contribution in [0.15, 0.2) is 24.3 Å². The first kappa shape index (κ1) is 9.25. The molecule has 2 nitrogen and oxygen atoms in total. The molecule has 1 aliphatic rings. The van der Waals surface area contributed by atoms with Gasteiger partial charge in [-0.2, -0.15) is 0 Å². The maximum Gasteiger partial charge on any atom is 0.227 e. The Balaban J connectivity index is 2.50. The second kappa shape index (κ2) is 3.45. The SMILES string of the molecule is CCN1C(=O)CC(C)c2ccccc21. The van der Waals surface area contributed by atoms with Crippen molar-refractivity contribution in [3.05, 3.63) is 29.8 Å². The molecule has 1 aromatic rings. The number of amides is 1. The molecule has 0 aromatic heterocycles. The fourth-order valence-corrected chi connectivity index (χ4v) is 2.11. The second-order valence-electron chi connectivity index (χ2n) is 3.80. The van der Waals surface area contributed by atoms with Gasteiger partial charge in [-0.25, -0.2) is 0 Å². The van der Waals surface area contributed by atoms with Gasteiger partial charge < -0.3 is 4.90 Å². The van der Waals surface area contributed by atoms with Crippen LogP contribution in [0.1, 0.15) is 31.7 Å². The van der Waals surface area contributed by atoms with Crippen LogP contribution >= 0.6 is 0 Å². The molecule has 2 heteroatoms. The normalized spacial score (nSPS) is 20.9. The van der Waals surface area contributed by atoms with Crippen LogP contribution in [0, 0.1) is 0 Å². The molecule has 1 unspecified atom stereocenters. The molecule has 0 aliphatic carbocycles. The lowest BCUT2D eigenvalue weighted by Gasteiger charge is -2.31. The number of carbonyl (C=O) groups excluding carboxylic acids is 1. The first-order valence-corrected chi connectivity index (χ1v) is 5.13. The highest BCUT2D eigenvalue weighted by atomic mass is 16.2. The van der Waals surface area contributed by atoms with Gasteiger partial charge >= 0.3 is 0 Å². The van der Waals surface area contributed by atoms with Crippen LogP contribution < -0.4 is 4.90 Å². The van der Waals surface area contributed by atoms with E-state index in [2.05, 4.69) is 13.0 Å². The Morgan fingerprint density at radius 1 is 1.43 bits per heavy atom. The maximum absolute atomic E-state index is 11.7. The lowest BCUT2D eigenvalue weighted by atomic mass is 9.91. The number of anilines is 1. The van der Waals surface area contributed by atoms with E-state index in [9.17, 15) is 4.79 Å². The summed E-state index contributed by atoms with van der Waals surface area (Å²) < 4.78 is 0. The van der Waals surface area contributed by atoms with Crippen LogP contribution in [0.2, 0.25) is 0 Å². The third-order valence-corrected chi connectivity index (χ3v) is 2.86. The monoisotopic (exact) mass is 189 g/mol. The Morgan fingerprint density at radius 2 is 2.14 bits per heavy atom. The average molecular weight is 189 g/mol. The van der Waals surface area contributed by atoms with Gasteiger partial charge in [-0.3, -0.25) is 4.79 Å². The molecule has 0 saturated heterocycles. The molecule has 0 radical (unpaired) electrons. The van der Waals surface area contributed by atoms with Gasteiger partial charge in [0.05, 0.1) is 0 Å². The number of rotatable bonds is 1. The lowest BCUT2D eigenvalue weighted by Crippen LogP contribution is -2.35. The standard InChI is InChI=1S/C12H15NO/c1-3-13-11-7-5-4-6-10(11)9(2)8-12(13)14/h4-7,9H,3,8H2,1-2H3. The van der Waals surface area contributed by atoms with E-state index in [0.717, 1.165) is 12.2 Å². The van der Waals surface area contributed by atoms with Crippen molar-refractivity contribution in [3.63, 3.8) is 0 Å². The molecule has 1 aliphatic heterocycles. The minimum Gasteiger partial charge on any atom is -0.312 e. The smallest absolute Gasteiger partial charge is 0.227 e. The molecule has 74 valence electrons. The van der Waals surface area contributed by atoms with Crippen molar-refractivity contribution in [2.45, 2.75) is 26.2 Å². The number of hydrogen-bond donors (Lipinski definition) is 0. The number of fused-ring (bicyclic) bond motifs is 1. The van der Waals surface area contributed by atoms with Gasteiger partial charge in [0.15, 0.2) is 0 Å². The van der Waals surface area contributed by atoms with Crippen molar-refractivity contribution < 1.29 is 4.79 Å². The van der Waals surface area contributed by atoms with E-state index in [0.29, 0.717) is 12.3 Å². The van der Waals surface area contributed by atoms with Crippen molar-refractivity contribution in [2.75, 3.05) is 11.4 Å². The Labute approximate surface area is 84.5 Å². The molecular weight excluding hydrogens is 174 g/mol. The highest BCUT2D eigenvalue weighted by Gasteiger charge is 2.26. The molecule has 1 heterocycles. The predicted molar refractivity (Wildman–Crippen MR) is 57.5 cm³/mol. The number of hydrogen-bond acceptors (Lipinski definition) is 1. The van der Waals surface area contributed by atoms with Gasteiger partial charge in [-0.1, -0.05) is 25.1 Å². The molecule has 14 heavy (non-hydrogen) atoms. The summed E-state index contributed by atoms with van der Waals surface area (Å²) in [6.07, 6.45) is 0.644. The fourth-order valence-electron chi connectivity index (χ4n) is 2.11. The van der Waals surface area contributed by atoms with Crippen molar-refractivity contribution in [1.82, 2.24) is 0 Å². The molecule has 1 atom stereocenters. The van der Waals surface area contributed by atoms with Gasteiger partial charge in [0.1, 0.15) is 0 Å². The highest BCUT2D eigenvalue weighted by Crippen LogP contribution is 2.34. The molecule has 0 spiro atoms. The van der Waals surface area contributed by atoms with Crippen LogP contribution in [0.3, 0.4) is 0 Å². The van der Waals surface area contributed by atoms with Crippen LogP contribution in [0.25, 0.3) is 0 Å². The Hall–Kier alpha value is -1.31. The third-order valence-electron chi connectivity index (χ3n) is 2.86. The van der Waals surface area contributed by atoms with E-state index in [1.165, 1.54) is 5.56 Å². The Bertz CT molecular complexity index is 359. The summed E-state index contributed by atoms with van der Waals surface area (Å²) in [5.74, 6) is 0.611. The van der Waals surface area contributed by atoms with E-state index >= 15 is 0 Å². The van der Waals surface area contributed by atoms with Crippen LogP contribution in [-0.4, -0.2) is 12.5 Å².